The minimum atomic E-state index is -1.69. The summed E-state index contributed by atoms with van der Waals surface area (Å²) in [5.74, 6) is -12.3. The Balaban J connectivity index is 1.16. The van der Waals surface area contributed by atoms with E-state index in [0.717, 1.165) is 69.2 Å². The summed E-state index contributed by atoms with van der Waals surface area (Å²) in [5.41, 5.74) is -2.15. The van der Waals surface area contributed by atoms with Crippen molar-refractivity contribution in [2.24, 2.45) is 5.92 Å². The average molecular weight is 761 g/mol. The van der Waals surface area contributed by atoms with Gasteiger partial charge in [-0.05, 0) is 118 Å². The quantitative estimate of drug-likeness (QED) is 0.0422. The molecule has 0 saturated carbocycles. The molecular weight excluding hydrogens is 720 g/mol. The normalized spacial score (nSPS) is 12.8. The minimum absolute atomic E-state index is 0.0771. The first kappa shape index (κ1) is 41.5. The molecule has 4 aromatic rings. The van der Waals surface area contributed by atoms with Gasteiger partial charge in [0.15, 0.2) is 46.4 Å². The predicted octanol–water partition coefficient (Wildman–Crippen LogP) is 12.9. The lowest BCUT2D eigenvalue weighted by Gasteiger charge is -2.15. The molecule has 4 nitrogen and oxygen atoms in total. The van der Waals surface area contributed by atoms with Gasteiger partial charge in [0.05, 0.1) is 30.9 Å². The average Bonchev–Trinajstić information content (AvgIpc) is 3.18. The van der Waals surface area contributed by atoms with Gasteiger partial charge in [-0.15, -0.1) is 6.58 Å². The minimum Gasteiger partial charge on any atom is -0.505 e. The molecule has 0 fully saturated rings. The summed E-state index contributed by atoms with van der Waals surface area (Å²) in [6, 6.07) is 14.4. The number of hydrogen-bond donors (Lipinski definition) is 1. The van der Waals surface area contributed by atoms with E-state index in [0.29, 0.717) is 30.6 Å². The van der Waals surface area contributed by atoms with Crippen LogP contribution in [0.2, 0.25) is 0 Å². The fraction of sp³-hybridized carbons (Fsp3) is 0.286. The molecule has 0 saturated heterocycles. The van der Waals surface area contributed by atoms with Crippen molar-refractivity contribution in [3.05, 3.63) is 131 Å². The van der Waals surface area contributed by atoms with E-state index >= 15 is 0 Å². The molecule has 0 heterocycles. The number of benzene rings is 4. The number of aromatic hydroxyl groups is 1. The van der Waals surface area contributed by atoms with E-state index in [1.54, 1.807) is 6.92 Å². The lowest BCUT2D eigenvalue weighted by atomic mass is 9.93. The van der Waals surface area contributed by atoms with Crippen LogP contribution in [0.15, 0.2) is 85.5 Å². The van der Waals surface area contributed by atoms with Gasteiger partial charge >= 0.3 is 0 Å². The molecule has 1 atom stereocenters. The zero-order valence-electron chi connectivity index (χ0n) is 29.6. The van der Waals surface area contributed by atoms with Gasteiger partial charge < -0.3 is 19.3 Å². The number of unbranched alkanes of at least 4 members (excludes halogenated alkanes) is 2. The van der Waals surface area contributed by atoms with Crippen LogP contribution in [0.5, 0.6) is 23.0 Å². The third-order valence-corrected chi connectivity index (χ3v) is 8.53. The van der Waals surface area contributed by atoms with Gasteiger partial charge in [0, 0.05) is 11.1 Å². The number of phenolic OH excluding ortho intramolecular Hbond substituents is 1. The van der Waals surface area contributed by atoms with Crippen molar-refractivity contribution in [3.63, 3.8) is 0 Å². The Bertz CT molecular complexity index is 1920. The van der Waals surface area contributed by atoms with Crippen LogP contribution in [0.25, 0.3) is 23.3 Å². The fourth-order valence-corrected chi connectivity index (χ4v) is 5.63. The molecular formula is C42H40F8O4. The van der Waals surface area contributed by atoms with Gasteiger partial charge in [0.1, 0.15) is 11.5 Å². The number of rotatable bonds is 20. The largest absolute Gasteiger partial charge is 0.505 e. The lowest BCUT2D eigenvalue weighted by Crippen LogP contribution is -2.04. The molecule has 1 N–H and O–H groups in total. The molecule has 288 valence electrons. The number of phenols is 1. The molecule has 4 aromatic carbocycles. The van der Waals surface area contributed by atoms with E-state index in [2.05, 4.69) is 6.58 Å². The predicted molar refractivity (Wildman–Crippen MR) is 193 cm³/mol. The van der Waals surface area contributed by atoms with Crippen LogP contribution in [-0.4, -0.2) is 24.9 Å². The molecule has 0 aliphatic carbocycles. The Hall–Kier alpha value is -5.26. The second kappa shape index (κ2) is 20.3. The van der Waals surface area contributed by atoms with Gasteiger partial charge in [-0.3, -0.25) is 0 Å². The van der Waals surface area contributed by atoms with Gasteiger partial charge in [0.2, 0.25) is 11.6 Å². The first-order chi connectivity index (χ1) is 26.0. The second-order valence-corrected chi connectivity index (χ2v) is 12.3. The molecule has 12 heteroatoms. The van der Waals surface area contributed by atoms with Crippen LogP contribution in [-0.2, 0) is 0 Å². The summed E-state index contributed by atoms with van der Waals surface area (Å²) < 4.78 is 131. The smallest absolute Gasteiger partial charge is 0.201 e. The zero-order chi connectivity index (χ0) is 39.2. The van der Waals surface area contributed by atoms with Crippen LogP contribution >= 0.6 is 0 Å². The molecule has 0 aromatic heterocycles. The summed E-state index contributed by atoms with van der Waals surface area (Å²) in [4.78, 5) is 0. The molecule has 0 aliphatic rings. The van der Waals surface area contributed by atoms with Crippen molar-refractivity contribution in [2.45, 2.75) is 51.9 Å². The highest BCUT2D eigenvalue weighted by molar-refractivity contribution is 5.84. The van der Waals surface area contributed by atoms with E-state index in [9.17, 15) is 40.2 Å². The highest BCUT2D eigenvalue weighted by atomic mass is 19.2. The third kappa shape index (κ3) is 10.9. The Morgan fingerprint density at radius 1 is 0.593 bits per heavy atom. The van der Waals surface area contributed by atoms with Gasteiger partial charge in [-0.2, -0.15) is 8.78 Å². The summed E-state index contributed by atoms with van der Waals surface area (Å²) in [5, 5.41) is 9.20. The molecule has 0 bridgehead atoms. The molecule has 1 unspecified atom stereocenters. The van der Waals surface area contributed by atoms with Crippen molar-refractivity contribution in [1.29, 1.82) is 0 Å². The van der Waals surface area contributed by atoms with E-state index in [1.165, 1.54) is 48.5 Å². The first-order valence-electron chi connectivity index (χ1n) is 17.4. The Kier molecular flexibility index (Phi) is 15.6. The van der Waals surface area contributed by atoms with Crippen LogP contribution in [0.4, 0.5) is 35.1 Å². The maximum absolute atomic E-state index is 14.8. The SMILES string of the molecule is C=CCC(CCCCOc1ccc(/C(F)=C(\F)c2ccc(O)c(F)c2F)cc1)CCCCOc1ccc(/C(F)=C(\F)c2ccc(OCC)c(F)c2F)cc1. The Morgan fingerprint density at radius 3 is 1.52 bits per heavy atom. The molecule has 4 rings (SSSR count). The van der Waals surface area contributed by atoms with Gasteiger partial charge in [0.25, 0.3) is 0 Å². The monoisotopic (exact) mass is 760 g/mol. The van der Waals surface area contributed by atoms with Crippen LogP contribution in [0.3, 0.4) is 0 Å². The second-order valence-electron chi connectivity index (χ2n) is 12.3. The van der Waals surface area contributed by atoms with Crippen molar-refractivity contribution < 1.29 is 54.4 Å². The number of hydrogen-bond acceptors (Lipinski definition) is 4. The van der Waals surface area contributed by atoms with Crippen LogP contribution in [0.1, 0.15) is 74.1 Å². The maximum atomic E-state index is 14.8. The molecule has 54 heavy (non-hydrogen) atoms. The van der Waals surface area contributed by atoms with Gasteiger partial charge in [-0.1, -0.05) is 18.9 Å². The summed E-state index contributed by atoms with van der Waals surface area (Å²) >= 11 is 0. The van der Waals surface area contributed by atoms with E-state index in [1.807, 2.05) is 6.08 Å². The summed E-state index contributed by atoms with van der Waals surface area (Å²) in [7, 11) is 0. The van der Waals surface area contributed by atoms with Crippen LogP contribution in [0, 0.1) is 29.2 Å². The van der Waals surface area contributed by atoms with Gasteiger partial charge in [-0.25, -0.2) is 26.3 Å². The molecule has 0 radical (unpaired) electrons. The number of allylic oxidation sites excluding steroid dienone is 1. The van der Waals surface area contributed by atoms with E-state index < -0.39 is 69.2 Å². The number of halogens is 8. The highest BCUT2D eigenvalue weighted by Crippen LogP contribution is 2.35. The van der Waals surface area contributed by atoms with Crippen molar-refractivity contribution in [1.82, 2.24) is 0 Å². The Labute approximate surface area is 309 Å². The molecule has 0 amide bonds. The van der Waals surface area contributed by atoms with Crippen molar-refractivity contribution >= 4 is 23.3 Å². The van der Waals surface area contributed by atoms with Crippen molar-refractivity contribution in [3.8, 4) is 23.0 Å². The van der Waals surface area contributed by atoms with E-state index in [4.69, 9.17) is 14.2 Å². The Morgan fingerprint density at radius 2 is 1.06 bits per heavy atom. The standard InChI is InChI=1S/C42H40F8O4/c1-3-9-26(10-5-7-24-53-29-16-12-27(13-17-29)35(43)37(45)31-20-22-33(51)41(49)39(31)47)11-6-8-25-54-30-18-14-28(15-19-30)36(44)38(46)32-21-23-34(52-4-2)42(50)40(32)48/h3,12-23,26,51H,1,4-11,24-25H2,2H3/b37-35+,38-36+. The van der Waals surface area contributed by atoms with E-state index in [-0.39, 0.29) is 17.7 Å². The third-order valence-electron chi connectivity index (χ3n) is 8.53. The fourth-order valence-electron chi connectivity index (χ4n) is 5.63. The highest BCUT2D eigenvalue weighted by Gasteiger charge is 2.22. The van der Waals surface area contributed by atoms with Crippen molar-refractivity contribution in [2.75, 3.05) is 19.8 Å². The summed E-state index contributed by atoms with van der Waals surface area (Å²) in [6.45, 7) is 6.29. The zero-order valence-corrected chi connectivity index (χ0v) is 29.6. The summed E-state index contributed by atoms with van der Waals surface area (Å²) in [6.07, 6.45) is 7.84. The topological polar surface area (TPSA) is 47.9 Å². The lowest BCUT2D eigenvalue weighted by molar-refractivity contribution is 0.286. The maximum Gasteiger partial charge on any atom is 0.201 e. The number of ether oxygens (including phenoxy) is 3. The molecule has 0 spiro atoms. The van der Waals surface area contributed by atoms with Crippen LogP contribution < -0.4 is 14.2 Å². The molecule has 0 aliphatic heterocycles. The first-order valence-corrected chi connectivity index (χ1v) is 17.4.